The van der Waals surface area contributed by atoms with Crippen molar-refractivity contribution in [2.45, 2.75) is 18.9 Å². The normalized spacial score (nSPS) is 18.4. The standard InChI is InChI=1S/C11H9N3/c12-5-7-3-8(6-13)9-1-2-11(14)10(9)4-7/h3-4,11H,1-2,14H2/t11-/m1/s1. The van der Waals surface area contributed by atoms with Crippen molar-refractivity contribution < 1.29 is 0 Å². The molecule has 1 aliphatic rings. The average Bonchev–Trinajstić information content (AvgIpc) is 2.59. The molecule has 68 valence electrons. The van der Waals surface area contributed by atoms with E-state index in [1.807, 2.05) is 6.07 Å². The van der Waals surface area contributed by atoms with Crippen molar-refractivity contribution in [1.82, 2.24) is 0 Å². The van der Waals surface area contributed by atoms with Crippen LogP contribution in [0.5, 0.6) is 0 Å². The zero-order valence-electron chi connectivity index (χ0n) is 7.62. The molecule has 0 spiro atoms. The lowest BCUT2D eigenvalue weighted by molar-refractivity contribution is 0.713. The highest BCUT2D eigenvalue weighted by Gasteiger charge is 2.22. The summed E-state index contributed by atoms with van der Waals surface area (Å²) in [5, 5.41) is 17.7. The molecule has 1 aromatic rings. The molecular weight excluding hydrogens is 174 g/mol. The van der Waals surface area contributed by atoms with Gasteiger partial charge >= 0.3 is 0 Å². The Morgan fingerprint density at radius 2 is 2.07 bits per heavy atom. The zero-order valence-corrected chi connectivity index (χ0v) is 7.62. The highest BCUT2D eigenvalue weighted by atomic mass is 14.6. The van der Waals surface area contributed by atoms with E-state index in [1.165, 1.54) is 0 Å². The highest BCUT2D eigenvalue weighted by Crippen LogP contribution is 2.32. The number of hydrogen-bond acceptors (Lipinski definition) is 3. The summed E-state index contributed by atoms with van der Waals surface area (Å²) in [7, 11) is 0. The van der Waals surface area contributed by atoms with Crippen LogP contribution in [0.25, 0.3) is 0 Å². The number of nitrogens with zero attached hydrogens (tertiary/aromatic N) is 2. The van der Waals surface area contributed by atoms with Crippen molar-refractivity contribution in [1.29, 1.82) is 10.5 Å². The van der Waals surface area contributed by atoms with Gasteiger partial charge in [0.1, 0.15) is 0 Å². The number of nitrogens with two attached hydrogens (primary N) is 1. The molecule has 1 aliphatic carbocycles. The van der Waals surface area contributed by atoms with E-state index >= 15 is 0 Å². The third-order valence-corrected chi connectivity index (χ3v) is 2.64. The van der Waals surface area contributed by atoms with Crippen LogP contribution in [0.3, 0.4) is 0 Å². The first-order valence-corrected chi connectivity index (χ1v) is 4.49. The van der Waals surface area contributed by atoms with Crippen molar-refractivity contribution in [3.8, 4) is 12.1 Å². The Kier molecular flexibility index (Phi) is 1.96. The minimum atomic E-state index is -0.00889. The van der Waals surface area contributed by atoms with Gasteiger partial charge in [-0.3, -0.25) is 0 Å². The average molecular weight is 183 g/mol. The first-order chi connectivity index (χ1) is 6.76. The molecule has 2 rings (SSSR count). The summed E-state index contributed by atoms with van der Waals surface area (Å²) in [5.74, 6) is 0. The van der Waals surface area contributed by atoms with Gasteiger partial charge in [-0.25, -0.2) is 0 Å². The first kappa shape index (κ1) is 8.74. The van der Waals surface area contributed by atoms with E-state index in [1.54, 1.807) is 12.1 Å². The minimum absolute atomic E-state index is 0.00889. The summed E-state index contributed by atoms with van der Waals surface area (Å²) in [6.45, 7) is 0. The van der Waals surface area contributed by atoms with Crippen molar-refractivity contribution >= 4 is 0 Å². The van der Waals surface area contributed by atoms with E-state index < -0.39 is 0 Å². The van der Waals surface area contributed by atoms with Crippen LogP contribution in [-0.4, -0.2) is 0 Å². The van der Waals surface area contributed by atoms with Crippen molar-refractivity contribution in [2.24, 2.45) is 5.73 Å². The minimum Gasteiger partial charge on any atom is -0.324 e. The van der Waals surface area contributed by atoms with Gasteiger partial charge in [0.05, 0.1) is 23.3 Å². The maximum absolute atomic E-state index is 8.91. The largest absolute Gasteiger partial charge is 0.324 e. The molecule has 0 unspecified atom stereocenters. The molecular formula is C11H9N3. The second-order valence-electron chi connectivity index (χ2n) is 3.46. The lowest BCUT2D eigenvalue weighted by Gasteiger charge is -2.05. The van der Waals surface area contributed by atoms with Crippen LogP contribution in [0.2, 0.25) is 0 Å². The number of nitriles is 2. The maximum atomic E-state index is 8.91. The van der Waals surface area contributed by atoms with Gasteiger partial charge in [-0.1, -0.05) is 0 Å². The maximum Gasteiger partial charge on any atom is 0.0995 e. The summed E-state index contributed by atoms with van der Waals surface area (Å²) in [6, 6.07) is 7.59. The van der Waals surface area contributed by atoms with Crippen LogP contribution < -0.4 is 5.73 Å². The van der Waals surface area contributed by atoms with E-state index in [-0.39, 0.29) is 6.04 Å². The highest BCUT2D eigenvalue weighted by molar-refractivity contribution is 5.52. The lowest BCUT2D eigenvalue weighted by Crippen LogP contribution is -2.05. The predicted molar refractivity (Wildman–Crippen MR) is 51.1 cm³/mol. The van der Waals surface area contributed by atoms with E-state index in [2.05, 4.69) is 6.07 Å². The fraction of sp³-hybridized carbons (Fsp3) is 0.273. The number of rotatable bonds is 0. The van der Waals surface area contributed by atoms with E-state index in [9.17, 15) is 0 Å². The quantitative estimate of drug-likeness (QED) is 0.660. The van der Waals surface area contributed by atoms with Crippen LogP contribution in [0.15, 0.2) is 12.1 Å². The van der Waals surface area contributed by atoms with Crippen LogP contribution in [0.4, 0.5) is 0 Å². The Hall–Kier alpha value is -1.84. The SMILES string of the molecule is N#Cc1cc(C#N)c2c(c1)[C@H](N)CC2. The Balaban J connectivity index is 2.67. The molecule has 2 N–H and O–H groups in total. The molecule has 3 heteroatoms. The van der Waals surface area contributed by atoms with Gasteiger partial charge in [-0.05, 0) is 36.1 Å². The van der Waals surface area contributed by atoms with E-state index in [4.69, 9.17) is 16.3 Å². The van der Waals surface area contributed by atoms with Gasteiger partial charge in [-0.15, -0.1) is 0 Å². The first-order valence-electron chi connectivity index (χ1n) is 4.49. The zero-order chi connectivity index (χ0) is 10.1. The van der Waals surface area contributed by atoms with Gasteiger partial charge in [0.2, 0.25) is 0 Å². The smallest absolute Gasteiger partial charge is 0.0995 e. The van der Waals surface area contributed by atoms with Crippen molar-refractivity contribution in [2.75, 3.05) is 0 Å². The van der Waals surface area contributed by atoms with Crippen LogP contribution in [0.1, 0.15) is 34.7 Å². The predicted octanol–water partition coefficient (Wildman–Crippen LogP) is 1.38. The van der Waals surface area contributed by atoms with Gasteiger partial charge in [-0.2, -0.15) is 10.5 Å². The Morgan fingerprint density at radius 3 is 2.71 bits per heavy atom. The topological polar surface area (TPSA) is 73.6 Å². The van der Waals surface area contributed by atoms with Crippen LogP contribution in [0, 0.1) is 22.7 Å². The van der Waals surface area contributed by atoms with Gasteiger partial charge < -0.3 is 5.73 Å². The molecule has 14 heavy (non-hydrogen) atoms. The molecule has 3 nitrogen and oxygen atoms in total. The molecule has 0 saturated heterocycles. The van der Waals surface area contributed by atoms with Gasteiger partial charge in [0.25, 0.3) is 0 Å². The Labute approximate surface area is 82.4 Å². The molecule has 0 heterocycles. The molecule has 0 amide bonds. The van der Waals surface area contributed by atoms with Crippen LogP contribution in [-0.2, 0) is 6.42 Å². The van der Waals surface area contributed by atoms with Crippen LogP contribution >= 0.6 is 0 Å². The fourth-order valence-corrected chi connectivity index (χ4v) is 1.92. The molecule has 0 radical (unpaired) electrons. The molecule has 0 fully saturated rings. The number of benzene rings is 1. The molecule has 0 aliphatic heterocycles. The summed E-state index contributed by atoms with van der Waals surface area (Å²) < 4.78 is 0. The third kappa shape index (κ3) is 1.16. The molecule has 1 aromatic carbocycles. The number of hydrogen-bond donors (Lipinski definition) is 1. The fourth-order valence-electron chi connectivity index (χ4n) is 1.92. The van der Waals surface area contributed by atoms with Gasteiger partial charge in [0.15, 0.2) is 0 Å². The summed E-state index contributed by atoms with van der Waals surface area (Å²) in [5.41, 5.74) is 9.00. The summed E-state index contributed by atoms with van der Waals surface area (Å²) >= 11 is 0. The van der Waals surface area contributed by atoms with Crippen molar-refractivity contribution in [3.05, 3.63) is 34.4 Å². The summed E-state index contributed by atoms with van der Waals surface area (Å²) in [4.78, 5) is 0. The summed E-state index contributed by atoms with van der Waals surface area (Å²) in [6.07, 6.45) is 1.73. The third-order valence-electron chi connectivity index (χ3n) is 2.64. The van der Waals surface area contributed by atoms with Gasteiger partial charge in [0, 0.05) is 6.04 Å². The molecule has 0 bridgehead atoms. The second-order valence-corrected chi connectivity index (χ2v) is 3.46. The Bertz CT molecular complexity index is 463. The Morgan fingerprint density at radius 1 is 1.29 bits per heavy atom. The van der Waals surface area contributed by atoms with E-state index in [0.717, 1.165) is 24.0 Å². The second kappa shape index (κ2) is 3.14. The molecule has 1 atom stereocenters. The lowest BCUT2D eigenvalue weighted by atomic mass is 10.00. The van der Waals surface area contributed by atoms with Crippen molar-refractivity contribution in [3.63, 3.8) is 0 Å². The monoisotopic (exact) mass is 183 g/mol. The molecule has 0 aromatic heterocycles. The number of fused-ring (bicyclic) bond motifs is 1. The molecule has 0 saturated carbocycles. The van der Waals surface area contributed by atoms with E-state index in [0.29, 0.717) is 11.1 Å².